The van der Waals surface area contributed by atoms with Crippen molar-refractivity contribution in [2.24, 2.45) is 9.98 Å². The molecule has 214 valence electrons. The Balaban J connectivity index is 1.42. The number of hydrogen-bond donors (Lipinski definition) is 2. The summed E-state index contributed by atoms with van der Waals surface area (Å²) >= 11 is 0. The number of para-hydroxylation sites is 2. The molecule has 0 spiro atoms. The standard InChI is InChI=1S/C40H32N2O2/c43-39-33(23-13-25-35(39)29-15-5-1-6-16-29)27-41-37(31-19-9-3-10-20-31)38(32-21-11-4-12-22-32)42-28-34-24-14-26-36(40(34)44)30-17-7-2-8-18-30/h1-28,37-38,43-44H/t37-,38-/m1/s1. The molecule has 6 aromatic carbocycles. The number of aliphatic imine (C=N–C) groups is 2. The van der Waals surface area contributed by atoms with Gasteiger partial charge in [-0.15, -0.1) is 0 Å². The smallest absolute Gasteiger partial charge is 0.132 e. The molecule has 4 nitrogen and oxygen atoms in total. The lowest BCUT2D eigenvalue weighted by molar-refractivity contribution is 0.475. The summed E-state index contributed by atoms with van der Waals surface area (Å²) in [5.74, 6) is 0.355. The van der Waals surface area contributed by atoms with Crippen molar-refractivity contribution in [1.29, 1.82) is 0 Å². The zero-order chi connectivity index (χ0) is 30.1. The molecule has 0 amide bonds. The highest BCUT2D eigenvalue weighted by atomic mass is 16.3. The number of aromatic hydroxyl groups is 2. The fraction of sp³-hybridized carbons (Fsp3) is 0.0500. The van der Waals surface area contributed by atoms with Crippen LogP contribution in [0.25, 0.3) is 22.3 Å². The summed E-state index contributed by atoms with van der Waals surface area (Å²) in [6.45, 7) is 0. The molecular weight excluding hydrogens is 540 g/mol. The largest absolute Gasteiger partial charge is 0.507 e. The van der Waals surface area contributed by atoms with Crippen molar-refractivity contribution in [3.8, 4) is 33.8 Å². The van der Waals surface area contributed by atoms with Gasteiger partial charge in [0.1, 0.15) is 23.6 Å². The molecule has 0 bridgehead atoms. The molecule has 0 heterocycles. The molecule has 4 heteroatoms. The molecule has 2 N–H and O–H groups in total. The van der Waals surface area contributed by atoms with Gasteiger partial charge in [-0.2, -0.15) is 0 Å². The van der Waals surface area contributed by atoms with Crippen LogP contribution in [0.3, 0.4) is 0 Å². The lowest BCUT2D eigenvalue weighted by atomic mass is 9.94. The molecule has 0 aliphatic carbocycles. The van der Waals surface area contributed by atoms with Gasteiger partial charge in [-0.25, -0.2) is 0 Å². The van der Waals surface area contributed by atoms with E-state index < -0.39 is 12.1 Å². The third kappa shape index (κ3) is 6.35. The SMILES string of the molecule is Oc1c(C=N[C@H](c2ccccc2)[C@H](N=Cc2cccc(-c3ccccc3)c2O)c2ccccc2)cccc1-c1ccccc1. The van der Waals surface area contributed by atoms with Crippen LogP contribution in [0.5, 0.6) is 11.5 Å². The average Bonchev–Trinajstić information content (AvgIpc) is 3.09. The van der Waals surface area contributed by atoms with Crippen LogP contribution < -0.4 is 0 Å². The van der Waals surface area contributed by atoms with Crippen LogP contribution in [0, 0.1) is 0 Å². The summed E-state index contributed by atoms with van der Waals surface area (Å²) in [5.41, 5.74) is 6.57. The first-order valence-electron chi connectivity index (χ1n) is 14.6. The number of phenols is 2. The molecule has 0 saturated heterocycles. The van der Waals surface area contributed by atoms with E-state index in [1.165, 1.54) is 0 Å². The van der Waals surface area contributed by atoms with E-state index in [0.717, 1.165) is 33.4 Å². The lowest BCUT2D eigenvalue weighted by Crippen LogP contribution is -2.09. The van der Waals surface area contributed by atoms with E-state index in [-0.39, 0.29) is 11.5 Å². The van der Waals surface area contributed by atoms with Crippen molar-refractivity contribution in [1.82, 2.24) is 0 Å². The van der Waals surface area contributed by atoms with E-state index in [1.807, 2.05) is 158 Å². The van der Waals surface area contributed by atoms with Gasteiger partial charge in [0.05, 0.1) is 0 Å². The molecule has 0 aliphatic rings. The van der Waals surface area contributed by atoms with E-state index in [0.29, 0.717) is 11.1 Å². The van der Waals surface area contributed by atoms with E-state index >= 15 is 0 Å². The second-order valence-electron chi connectivity index (χ2n) is 10.5. The Labute approximate surface area is 258 Å². The monoisotopic (exact) mass is 572 g/mol. The molecule has 0 aromatic heterocycles. The second kappa shape index (κ2) is 13.5. The fourth-order valence-electron chi connectivity index (χ4n) is 5.35. The second-order valence-corrected chi connectivity index (χ2v) is 10.5. The summed E-state index contributed by atoms with van der Waals surface area (Å²) in [5, 5.41) is 22.5. The Kier molecular flexibility index (Phi) is 8.70. The molecule has 2 atom stereocenters. The highest BCUT2D eigenvalue weighted by Gasteiger charge is 2.24. The van der Waals surface area contributed by atoms with E-state index in [9.17, 15) is 10.2 Å². The Bertz CT molecular complexity index is 1730. The minimum Gasteiger partial charge on any atom is -0.507 e. The van der Waals surface area contributed by atoms with Gasteiger partial charge in [-0.05, 0) is 34.4 Å². The van der Waals surface area contributed by atoms with Gasteiger partial charge in [0.15, 0.2) is 0 Å². The predicted octanol–water partition coefficient (Wildman–Crippen LogP) is 9.45. The summed E-state index contributed by atoms with van der Waals surface area (Å²) in [6.07, 6.45) is 3.47. The van der Waals surface area contributed by atoms with Gasteiger partial charge >= 0.3 is 0 Å². The van der Waals surface area contributed by atoms with Gasteiger partial charge in [-0.3, -0.25) is 9.98 Å². The number of benzene rings is 6. The maximum Gasteiger partial charge on any atom is 0.132 e. The summed E-state index contributed by atoms with van der Waals surface area (Å²) in [6, 6.07) is 50.3. The zero-order valence-electron chi connectivity index (χ0n) is 24.1. The summed E-state index contributed by atoms with van der Waals surface area (Å²) in [4.78, 5) is 10.2. The first-order chi connectivity index (χ1) is 21.7. The lowest BCUT2D eigenvalue weighted by Gasteiger charge is -2.22. The highest BCUT2D eigenvalue weighted by molar-refractivity contribution is 5.90. The molecule has 0 saturated carbocycles. The molecular formula is C40H32N2O2. The zero-order valence-corrected chi connectivity index (χ0v) is 24.1. The number of hydrogen-bond acceptors (Lipinski definition) is 4. The number of phenolic OH excluding ortho intramolecular Hbond substituents is 2. The van der Waals surface area contributed by atoms with Crippen molar-refractivity contribution in [2.75, 3.05) is 0 Å². The van der Waals surface area contributed by atoms with Crippen molar-refractivity contribution < 1.29 is 10.2 Å². The normalized spacial score (nSPS) is 12.8. The van der Waals surface area contributed by atoms with Gasteiger partial charge in [0.25, 0.3) is 0 Å². The Morgan fingerprint density at radius 2 is 0.727 bits per heavy atom. The third-order valence-electron chi connectivity index (χ3n) is 7.63. The molecule has 0 fully saturated rings. The molecule has 0 aliphatic heterocycles. The van der Waals surface area contributed by atoms with E-state index in [4.69, 9.17) is 9.98 Å². The van der Waals surface area contributed by atoms with Crippen LogP contribution in [0.1, 0.15) is 34.3 Å². The maximum absolute atomic E-state index is 11.2. The van der Waals surface area contributed by atoms with Gasteiger partial charge in [0, 0.05) is 34.7 Å². The van der Waals surface area contributed by atoms with Crippen LogP contribution in [-0.2, 0) is 0 Å². The fourth-order valence-corrected chi connectivity index (χ4v) is 5.35. The maximum atomic E-state index is 11.2. The first-order valence-corrected chi connectivity index (χ1v) is 14.6. The third-order valence-corrected chi connectivity index (χ3v) is 7.63. The minimum absolute atomic E-state index is 0.177. The van der Waals surface area contributed by atoms with Gasteiger partial charge in [-0.1, -0.05) is 146 Å². The van der Waals surface area contributed by atoms with E-state index in [2.05, 4.69) is 0 Å². The van der Waals surface area contributed by atoms with Crippen LogP contribution >= 0.6 is 0 Å². The Morgan fingerprint density at radius 1 is 0.386 bits per heavy atom. The van der Waals surface area contributed by atoms with Crippen LogP contribution in [-0.4, -0.2) is 22.6 Å². The quantitative estimate of drug-likeness (QED) is 0.170. The molecule has 0 unspecified atom stereocenters. The summed E-state index contributed by atoms with van der Waals surface area (Å²) in [7, 11) is 0. The minimum atomic E-state index is -0.408. The highest BCUT2D eigenvalue weighted by Crippen LogP contribution is 2.38. The number of nitrogens with zero attached hydrogens (tertiary/aromatic N) is 2. The van der Waals surface area contributed by atoms with Gasteiger partial charge < -0.3 is 10.2 Å². The van der Waals surface area contributed by atoms with Crippen molar-refractivity contribution in [3.05, 3.63) is 180 Å². The van der Waals surface area contributed by atoms with Crippen LogP contribution in [0.15, 0.2) is 168 Å². The first kappa shape index (κ1) is 28.4. The van der Waals surface area contributed by atoms with Crippen molar-refractivity contribution in [3.63, 3.8) is 0 Å². The predicted molar refractivity (Wildman–Crippen MR) is 181 cm³/mol. The topological polar surface area (TPSA) is 65.2 Å². The summed E-state index contributed by atoms with van der Waals surface area (Å²) < 4.78 is 0. The molecule has 0 radical (unpaired) electrons. The molecule has 44 heavy (non-hydrogen) atoms. The Hall–Kier alpha value is -5.74. The molecule has 6 aromatic rings. The van der Waals surface area contributed by atoms with Crippen molar-refractivity contribution >= 4 is 12.4 Å². The number of rotatable bonds is 9. The van der Waals surface area contributed by atoms with Crippen molar-refractivity contribution in [2.45, 2.75) is 12.1 Å². The average molecular weight is 573 g/mol. The van der Waals surface area contributed by atoms with Crippen LogP contribution in [0.4, 0.5) is 0 Å². The van der Waals surface area contributed by atoms with Crippen LogP contribution in [0.2, 0.25) is 0 Å². The Morgan fingerprint density at radius 3 is 1.09 bits per heavy atom. The van der Waals surface area contributed by atoms with E-state index in [1.54, 1.807) is 12.4 Å². The van der Waals surface area contributed by atoms with Gasteiger partial charge in [0.2, 0.25) is 0 Å². The molecule has 6 rings (SSSR count).